The van der Waals surface area contributed by atoms with E-state index in [9.17, 15) is 4.79 Å². The van der Waals surface area contributed by atoms with E-state index in [1.165, 1.54) is 11.6 Å². The molecule has 4 heteroatoms. The summed E-state index contributed by atoms with van der Waals surface area (Å²) in [6, 6.07) is 15.7. The van der Waals surface area contributed by atoms with Crippen LogP contribution in [0.4, 0.5) is 0 Å². The van der Waals surface area contributed by atoms with Crippen LogP contribution in [0.3, 0.4) is 0 Å². The Balaban J connectivity index is 1.72. The molecule has 2 aromatic carbocycles. The third kappa shape index (κ3) is 6.63. The van der Waals surface area contributed by atoms with Crippen molar-refractivity contribution >= 4 is 12.0 Å². The highest BCUT2D eigenvalue weighted by Gasteiger charge is 2.01. The second kappa shape index (κ2) is 10.3. The zero-order chi connectivity index (χ0) is 18.8. The van der Waals surface area contributed by atoms with E-state index in [4.69, 9.17) is 9.47 Å². The van der Waals surface area contributed by atoms with Gasteiger partial charge in [-0.2, -0.15) is 0 Å². The van der Waals surface area contributed by atoms with Crippen LogP contribution in [0.25, 0.3) is 6.08 Å². The van der Waals surface area contributed by atoms with E-state index >= 15 is 0 Å². The molecule has 0 unspecified atom stereocenters. The van der Waals surface area contributed by atoms with Gasteiger partial charge in [0.2, 0.25) is 5.91 Å². The Labute approximate surface area is 155 Å². The molecule has 0 saturated heterocycles. The van der Waals surface area contributed by atoms with E-state index < -0.39 is 0 Å². The van der Waals surface area contributed by atoms with Crippen LogP contribution in [0.15, 0.2) is 54.6 Å². The Morgan fingerprint density at radius 2 is 1.85 bits per heavy atom. The SMILES string of the molecule is COc1ccccc1/C=C/C(=O)NCCCc1ccc(OC(C)C)cc1. The van der Waals surface area contributed by atoms with Gasteiger partial charge < -0.3 is 14.8 Å². The van der Waals surface area contributed by atoms with Gasteiger partial charge in [-0.1, -0.05) is 30.3 Å². The predicted octanol–water partition coefficient (Wildman–Crippen LogP) is 4.24. The molecule has 0 aliphatic rings. The van der Waals surface area contributed by atoms with Crippen molar-refractivity contribution in [1.82, 2.24) is 5.32 Å². The normalized spacial score (nSPS) is 10.9. The van der Waals surface area contributed by atoms with Crippen LogP contribution in [0, 0.1) is 0 Å². The van der Waals surface area contributed by atoms with Gasteiger partial charge in [-0.3, -0.25) is 4.79 Å². The van der Waals surface area contributed by atoms with Gasteiger partial charge in [-0.15, -0.1) is 0 Å². The van der Waals surface area contributed by atoms with Gasteiger partial charge in [0.15, 0.2) is 0 Å². The number of benzene rings is 2. The second-order valence-electron chi connectivity index (χ2n) is 6.28. The van der Waals surface area contributed by atoms with Gasteiger partial charge in [-0.05, 0) is 56.5 Å². The van der Waals surface area contributed by atoms with E-state index in [1.54, 1.807) is 13.2 Å². The fourth-order valence-electron chi connectivity index (χ4n) is 2.54. The summed E-state index contributed by atoms with van der Waals surface area (Å²) >= 11 is 0. The van der Waals surface area contributed by atoms with Gasteiger partial charge >= 0.3 is 0 Å². The van der Waals surface area contributed by atoms with Gasteiger partial charge in [0.05, 0.1) is 13.2 Å². The molecule has 0 saturated carbocycles. The molecule has 0 spiro atoms. The Kier molecular flexibility index (Phi) is 7.75. The van der Waals surface area contributed by atoms with Crippen LogP contribution in [-0.2, 0) is 11.2 Å². The minimum atomic E-state index is -0.100. The smallest absolute Gasteiger partial charge is 0.244 e. The first-order valence-corrected chi connectivity index (χ1v) is 8.93. The highest BCUT2D eigenvalue weighted by Crippen LogP contribution is 2.18. The molecule has 0 aliphatic carbocycles. The third-order valence-corrected chi connectivity index (χ3v) is 3.79. The van der Waals surface area contributed by atoms with Crippen LogP contribution in [-0.4, -0.2) is 25.7 Å². The molecule has 0 fully saturated rings. The second-order valence-corrected chi connectivity index (χ2v) is 6.28. The summed E-state index contributed by atoms with van der Waals surface area (Å²) in [5.41, 5.74) is 2.12. The van der Waals surface area contributed by atoms with Gasteiger partial charge in [0.1, 0.15) is 11.5 Å². The molecule has 4 nitrogen and oxygen atoms in total. The maximum Gasteiger partial charge on any atom is 0.244 e. The molecule has 0 radical (unpaired) electrons. The number of para-hydroxylation sites is 1. The summed E-state index contributed by atoms with van der Waals surface area (Å²) in [6.45, 7) is 4.66. The molecule has 1 N–H and O–H groups in total. The molecular formula is C22H27NO3. The minimum Gasteiger partial charge on any atom is -0.496 e. The number of carbonyl (C=O) groups is 1. The molecule has 1 amide bonds. The summed E-state index contributed by atoms with van der Waals surface area (Å²) in [5, 5.41) is 2.91. The van der Waals surface area contributed by atoms with Crippen LogP contribution in [0.5, 0.6) is 11.5 Å². The van der Waals surface area contributed by atoms with Crippen LogP contribution >= 0.6 is 0 Å². The van der Waals surface area contributed by atoms with Crippen LogP contribution in [0.1, 0.15) is 31.4 Å². The van der Waals surface area contributed by atoms with E-state index in [0.29, 0.717) is 6.54 Å². The number of hydrogen-bond acceptors (Lipinski definition) is 3. The highest BCUT2D eigenvalue weighted by molar-refractivity contribution is 5.92. The average Bonchev–Trinajstić information content (AvgIpc) is 2.64. The minimum absolute atomic E-state index is 0.100. The molecular weight excluding hydrogens is 326 g/mol. The Hall–Kier alpha value is -2.75. The molecule has 2 aromatic rings. The Morgan fingerprint density at radius 3 is 2.54 bits per heavy atom. The zero-order valence-corrected chi connectivity index (χ0v) is 15.7. The van der Waals surface area contributed by atoms with Crippen molar-refractivity contribution in [1.29, 1.82) is 0 Å². The largest absolute Gasteiger partial charge is 0.496 e. The molecule has 0 heterocycles. The van der Waals surface area contributed by atoms with Crippen molar-refractivity contribution in [3.63, 3.8) is 0 Å². The number of rotatable bonds is 9. The number of amides is 1. The van der Waals surface area contributed by atoms with Crippen molar-refractivity contribution in [3.8, 4) is 11.5 Å². The summed E-state index contributed by atoms with van der Waals surface area (Å²) < 4.78 is 10.9. The molecule has 0 aromatic heterocycles. The summed E-state index contributed by atoms with van der Waals surface area (Å²) in [7, 11) is 1.62. The lowest BCUT2D eigenvalue weighted by Crippen LogP contribution is -2.22. The van der Waals surface area contributed by atoms with Crippen LogP contribution < -0.4 is 14.8 Å². The number of aryl methyl sites for hydroxylation is 1. The molecule has 0 bridgehead atoms. The van der Waals surface area contributed by atoms with E-state index in [-0.39, 0.29) is 12.0 Å². The zero-order valence-electron chi connectivity index (χ0n) is 15.7. The van der Waals surface area contributed by atoms with Gasteiger partial charge in [0.25, 0.3) is 0 Å². The maximum absolute atomic E-state index is 11.9. The Bertz CT molecular complexity index is 720. The molecule has 26 heavy (non-hydrogen) atoms. The topological polar surface area (TPSA) is 47.6 Å². The third-order valence-electron chi connectivity index (χ3n) is 3.79. The summed E-state index contributed by atoms with van der Waals surface area (Å²) in [5.74, 6) is 1.54. The fraction of sp³-hybridized carbons (Fsp3) is 0.318. The number of hydrogen-bond donors (Lipinski definition) is 1. The standard InChI is InChI=1S/C22H27NO3/c1-17(2)26-20-13-10-18(11-14-20)7-6-16-23-22(24)15-12-19-8-4-5-9-21(19)25-3/h4-5,8-15,17H,6-7,16H2,1-3H3,(H,23,24)/b15-12+. The number of carbonyl (C=O) groups excluding carboxylic acids is 1. The van der Waals surface area contributed by atoms with E-state index in [1.807, 2.05) is 50.2 Å². The number of nitrogens with one attached hydrogen (secondary N) is 1. The Morgan fingerprint density at radius 1 is 1.12 bits per heavy atom. The first-order chi connectivity index (χ1) is 12.6. The number of ether oxygens (including phenoxy) is 2. The lowest BCUT2D eigenvalue weighted by molar-refractivity contribution is -0.116. The molecule has 138 valence electrons. The summed E-state index contributed by atoms with van der Waals surface area (Å²) in [4.78, 5) is 11.9. The van der Waals surface area contributed by atoms with Crippen molar-refractivity contribution < 1.29 is 14.3 Å². The van der Waals surface area contributed by atoms with Crippen molar-refractivity contribution in [2.45, 2.75) is 32.8 Å². The molecule has 2 rings (SSSR count). The average molecular weight is 353 g/mol. The van der Waals surface area contributed by atoms with Crippen LogP contribution in [0.2, 0.25) is 0 Å². The van der Waals surface area contributed by atoms with Gasteiger partial charge in [-0.25, -0.2) is 0 Å². The van der Waals surface area contributed by atoms with Crippen molar-refractivity contribution in [2.75, 3.05) is 13.7 Å². The highest BCUT2D eigenvalue weighted by atomic mass is 16.5. The monoisotopic (exact) mass is 353 g/mol. The number of methoxy groups -OCH3 is 1. The molecule has 0 aliphatic heterocycles. The quantitative estimate of drug-likeness (QED) is 0.542. The predicted molar refractivity (Wildman–Crippen MR) is 106 cm³/mol. The maximum atomic E-state index is 11.9. The fourth-order valence-corrected chi connectivity index (χ4v) is 2.54. The molecule has 0 atom stereocenters. The van der Waals surface area contributed by atoms with E-state index in [2.05, 4.69) is 17.4 Å². The van der Waals surface area contributed by atoms with E-state index in [0.717, 1.165) is 29.9 Å². The summed E-state index contributed by atoms with van der Waals surface area (Å²) in [6.07, 6.45) is 5.29. The first-order valence-electron chi connectivity index (χ1n) is 8.93. The lowest BCUT2D eigenvalue weighted by Gasteiger charge is -2.10. The first kappa shape index (κ1) is 19.6. The lowest BCUT2D eigenvalue weighted by atomic mass is 10.1. The van der Waals surface area contributed by atoms with Crippen molar-refractivity contribution in [2.24, 2.45) is 0 Å². The van der Waals surface area contributed by atoms with Gasteiger partial charge in [0, 0.05) is 18.2 Å². The van der Waals surface area contributed by atoms with Crippen molar-refractivity contribution in [3.05, 3.63) is 65.7 Å².